The van der Waals surface area contributed by atoms with Crippen molar-refractivity contribution in [3.05, 3.63) is 71.3 Å². The summed E-state index contributed by atoms with van der Waals surface area (Å²) in [6.07, 6.45) is 4.32. The van der Waals surface area contributed by atoms with E-state index in [1.165, 1.54) is 16.7 Å². The van der Waals surface area contributed by atoms with Crippen LogP contribution in [0.15, 0.2) is 54.6 Å². The molecule has 0 atom stereocenters. The summed E-state index contributed by atoms with van der Waals surface area (Å²) in [6, 6.07) is 19.1. The highest BCUT2D eigenvalue weighted by atomic mass is 14.0. The lowest BCUT2D eigenvalue weighted by Gasteiger charge is -2.05. The largest absolute Gasteiger partial charge is 0.0622 e. The van der Waals surface area contributed by atoms with Gasteiger partial charge in [0.15, 0.2) is 0 Å². The Hall–Kier alpha value is -1.82. The molecule has 0 amide bonds. The van der Waals surface area contributed by atoms with Gasteiger partial charge >= 0.3 is 0 Å². The zero-order valence-electron chi connectivity index (χ0n) is 10.4. The Morgan fingerprint density at radius 1 is 0.765 bits per heavy atom. The van der Waals surface area contributed by atoms with Gasteiger partial charge in [-0.05, 0) is 22.6 Å². The van der Waals surface area contributed by atoms with E-state index in [0.29, 0.717) is 5.92 Å². The smallest absolute Gasteiger partial charge is 0.0219 e. The molecule has 17 heavy (non-hydrogen) atoms. The first-order valence-electron chi connectivity index (χ1n) is 6.09. The summed E-state index contributed by atoms with van der Waals surface area (Å²) >= 11 is 0. The van der Waals surface area contributed by atoms with Crippen LogP contribution in [0.3, 0.4) is 0 Å². The fraction of sp³-hybridized carbons (Fsp3) is 0.176. The van der Waals surface area contributed by atoms with Crippen molar-refractivity contribution in [3.63, 3.8) is 0 Å². The normalized spacial score (nSPS) is 11.2. The third-order valence-corrected chi connectivity index (χ3v) is 2.85. The highest BCUT2D eigenvalue weighted by molar-refractivity contribution is 5.69. The quantitative estimate of drug-likeness (QED) is 0.642. The SMILES string of the molecule is CC(C)c1cccc(C=Cc2ccccc2)c1. The second kappa shape index (κ2) is 5.49. The molecule has 0 aliphatic heterocycles. The van der Waals surface area contributed by atoms with Crippen molar-refractivity contribution in [2.45, 2.75) is 19.8 Å². The van der Waals surface area contributed by atoms with Crippen LogP contribution in [0.2, 0.25) is 0 Å². The average molecular weight is 222 g/mol. The molecule has 2 rings (SSSR count). The van der Waals surface area contributed by atoms with E-state index in [-0.39, 0.29) is 0 Å². The topological polar surface area (TPSA) is 0 Å². The molecule has 0 saturated heterocycles. The molecule has 86 valence electrons. The summed E-state index contributed by atoms with van der Waals surface area (Å²) in [7, 11) is 0. The van der Waals surface area contributed by atoms with E-state index in [1.54, 1.807) is 0 Å². The monoisotopic (exact) mass is 222 g/mol. The van der Waals surface area contributed by atoms with E-state index in [1.807, 2.05) is 6.07 Å². The van der Waals surface area contributed by atoms with Crippen LogP contribution < -0.4 is 0 Å². The van der Waals surface area contributed by atoms with Crippen LogP contribution in [-0.4, -0.2) is 0 Å². The van der Waals surface area contributed by atoms with Gasteiger partial charge in [-0.3, -0.25) is 0 Å². The van der Waals surface area contributed by atoms with Crippen LogP contribution in [0.25, 0.3) is 12.2 Å². The van der Waals surface area contributed by atoms with Crippen molar-refractivity contribution in [2.24, 2.45) is 0 Å². The molecule has 0 saturated carbocycles. The molecule has 0 N–H and O–H groups in total. The molecule has 0 bridgehead atoms. The highest BCUT2D eigenvalue weighted by Crippen LogP contribution is 2.17. The van der Waals surface area contributed by atoms with Crippen molar-refractivity contribution in [1.29, 1.82) is 0 Å². The molecule has 0 heteroatoms. The van der Waals surface area contributed by atoms with Crippen LogP contribution in [0.4, 0.5) is 0 Å². The molecular weight excluding hydrogens is 204 g/mol. The summed E-state index contributed by atoms with van der Waals surface area (Å²) in [6.45, 7) is 4.44. The van der Waals surface area contributed by atoms with Gasteiger partial charge in [-0.1, -0.05) is 80.6 Å². The van der Waals surface area contributed by atoms with Gasteiger partial charge in [0, 0.05) is 0 Å². The lowest BCUT2D eigenvalue weighted by molar-refractivity contribution is 0.866. The molecule has 0 spiro atoms. The fourth-order valence-corrected chi connectivity index (χ4v) is 1.78. The molecule has 0 aliphatic rings. The Bertz CT molecular complexity index is 492. The minimum atomic E-state index is 0.583. The van der Waals surface area contributed by atoms with Crippen LogP contribution >= 0.6 is 0 Å². The van der Waals surface area contributed by atoms with Crippen molar-refractivity contribution in [2.75, 3.05) is 0 Å². The fourth-order valence-electron chi connectivity index (χ4n) is 1.78. The second-order valence-electron chi connectivity index (χ2n) is 4.57. The summed E-state index contributed by atoms with van der Waals surface area (Å²) in [5.41, 5.74) is 3.89. The number of rotatable bonds is 3. The molecule has 0 radical (unpaired) electrons. The van der Waals surface area contributed by atoms with E-state index in [9.17, 15) is 0 Å². The maximum atomic E-state index is 2.25. The predicted molar refractivity (Wildman–Crippen MR) is 75.9 cm³/mol. The lowest BCUT2D eigenvalue weighted by atomic mass is 10.0. The Labute approximate surface area is 104 Å². The van der Waals surface area contributed by atoms with Gasteiger partial charge in [0.2, 0.25) is 0 Å². The van der Waals surface area contributed by atoms with Crippen LogP contribution in [0.5, 0.6) is 0 Å². The van der Waals surface area contributed by atoms with Gasteiger partial charge < -0.3 is 0 Å². The molecule has 0 unspecified atom stereocenters. The van der Waals surface area contributed by atoms with E-state index >= 15 is 0 Å². The molecule has 0 aliphatic carbocycles. The van der Waals surface area contributed by atoms with E-state index in [2.05, 4.69) is 74.5 Å². The molecule has 2 aromatic rings. The molecule has 0 aromatic heterocycles. The molecule has 0 fully saturated rings. The van der Waals surface area contributed by atoms with Gasteiger partial charge in [0.1, 0.15) is 0 Å². The Morgan fingerprint density at radius 2 is 1.41 bits per heavy atom. The molecule has 2 aromatic carbocycles. The molecular formula is C17H18. The Kier molecular flexibility index (Phi) is 3.77. The van der Waals surface area contributed by atoms with Gasteiger partial charge in [0.25, 0.3) is 0 Å². The minimum Gasteiger partial charge on any atom is -0.0622 e. The number of hydrogen-bond acceptors (Lipinski definition) is 0. The van der Waals surface area contributed by atoms with Crippen molar-refractivity contribution in [1.82, 2.24) is 0 Å². The van der Waals surface area contributed by atoms with Crippen LogP contribution in [0, 0.1) is 0 Å². The maximum absolute atomic E-state index is 2.25. The standard InChI is InChI=1S/C17H18/c1-14(2)17-10-6-9-16(13-17)12-11-15-7-4-3-5-8-15/h3-14H,1-2H3. The third-order valence-electron chi connectivity index (χ3n) is 2.85. The first kappa shape index (κ1) is 11.7. The summed E-state index contributed by atoms with van der Waals surface area (Å²) in [5.74, 6) is 0.583. The third kappa shape index (κ3) is 3.32. The van der Waals surface area contributed by atoms with Gasteiger partial charge in [-0.25, -0.2) is 0 Å². The Balaban J connectivity index is 2.19. The van der Waals surface area contributed by atoms with Crippen LogP contribution in [0.1, 0.15) is 36.5 Å². The molecule has 0 nitrogen and oxygen atoms in total. The van der Waals surface area contributed by atoms with Gasteiger partial charge in [-0.15, -0.1) is 0 Å². The van der Waals surface area contributed by atoms with Crippen molar-refractivity contribution < 1.29 is 0 Å². The first-order chi connectivity index (χ1) is 8.25. The maximum Gasteiger partial charge on any atom is -0.0219 e. The molecule has 0 heterocycles. The summed E-state index contributed by atoms with van der Waals surface area (Å²) < 4.78 is 0. The van der Waals surface area contributed by atoms with E-state index < -0.39 is 0 Å². The summed E-state index contributed by atoms with van der Waals surface area (Å²) in [5, 5.41) is 0. The number of hydrogen-bond donors (Lipinski definition) is 0. The van der Waals surface area contributed by atoms with Gasteiger partial charge in [-0.2, -0.15) is 0 Å². The highest BCUT2D eigenvalue weighted by Gasteiger charge is 1.97. The first-order valence-corrected chi connectivity index (χ1v) is 6.09. The summed E-state index contributed by atoms with van der Waals surface area (Å²) in [4.78, 5) is 0. The lowest BCUT2D eigenvalue weighted by Crippen LogP contribution is -1.86. The van der Waals surface area contributed by atoms with E-state index in [0.717, 1.165) is 0 Å². The van der Waals surface area contributed by atoms with Crippen molar-refractivity contribution in [3.8, 4) is 0 Å². The Morgan fingerprint density at radius 3 is 2.12 bits per heavy atom. The van der Waals surface area contributed by atoms with Crippen molar-refractivity contribution >= 4 is 12.2 Å². The second-order valence-corrected chi connectivity index (χ2v) is 4.57. The zero-order valence-corrected chi connectivity index (χ0v) is 10.4. The van der Waals surface area contributed by atoms with Crippen LogP contribution in [-0.2, 0) is 0 Å². The number of benzene rings is 2. The van der Waals surface area contributed by atoms with Gasteiger partial charge in [0.05, 0.1) is 0 Å². The van der Waals surface area contributed by atoms with E-state index in [4.69, 9.17) is 0 Å². The predicted octanol–water partition coefficient (Wildman–Crippen LogP) is 4.98. The zero-order chi connectivity index (χ0) is 12.1. The average Bonchev–Trinajstić information content (AvgIpc) is 2.38. The minimum absolute atomic E-state index is 0.583.